The molecule has 4 atom stereocenters. The molecule has 0 aliphatic carbocycles. The van der Waals surface area contributed by atoms with Crippen molar-refractivity contribution >= 4 is 29.7 Å². The molecule has 4 unspecified atom stereocenters. The quantitative estimate of drug-likeness (QED) is 0.126. The minimum atomic E-state index is -1.18. The van der Waals surface area contributed by atoms with Gasteiger partial charge in [-0.25, -0.2) is 0 Å². The number of carboxylic acids is 1. The smallest absolute Gasteiger partial charge is 0.325 e. The highest BCUT2D eigenvalue weighted by Crippen LogP contribution is 2.21. The predicted octanol–water partition coefficient (Wildman–Crippen LogP) is -2.14. The summed E-state index contributed by atoms with van der Waals surface area (Å²) in [4.78, 5) is 54.8. The van der Waals surface area contributed by atoms with E-state index in [0.29, 0.717) is 25.8 Å². The minimum absolute atomic E-state index is 0.0785. The molecule has 0 aromatic rings. The van der Waals surface area contributed by atoms with Crippen LogP contribution in [0.1, 0.15) is 45.4 Å². The molecule has 2 aliphatic rings. The Morgan fingerprint density at radius 2 is 1.94 bits per heavy atom. The Labute approximate surface area is 181 Å². The lowest BCUT2D eigenvalue weighted by atomic mass is 10.1. The number of carbonyl (C=O) groups is 4. The number of amides is 3. The summed E-state index contributed by atoms with van der Waals surface area (Å²) in [5, 5.41) is 17.3. The maximum atomic E-state index is 13.0. The number of hydrogen-bond donors (Lipinski definition) is 6. The number of rotatable bonds is 10. The van der Waals surface area contributed by atoms with Crippen molar-refractivity contribution in [2.45, 2.75) is 69.6 Å². The number of aliphatic carboxylic acids is 1. The molecule has 174 valence electrons. The van der Waals surface area contributed by atoms with Crippen molar-refractivity contribution in [2.75, 3.05) is 19.6 Å². The maximum Gasteiger partial charge on any atom is 0.325 e. The molecular weight excluding hydrogens is 406 g/mol. The molecule has 2 saturated heterocycles. The van der Waals surface area contributed by atoms with E-state index in [1.54, 1.807) is 4.90 Å². The number of aliphatic imine (C=N–C) groups is 1. The number of nitrogens with two attached hydrogens (primary N) is 2. The molecule has 8 N–H and O–H groups in total. The van der Waals surface area contributed by atoms with Gasteiger partial charge in [-0.2, -0.15) is 0 Å². The number of hydrogen-bond acceptors (Lipinski definition) is 6. The van der Waals surface area contributed by atoms with Gasteiger partial charge in [0.05, 0.1) is 6.04 Å². The number of likely N-dealkylation sites (tertiary alicyclic amines) is 1. The predicted molar refractivity (Wildman–Crippen MR) is 113 cm³/mol. The fourth-order valence-electron chi connectivity index (χ4n) is 3.81. The van der Waals surface area contributed by atoms with Crippen molar-refractivity contribution in [2.24, 2.45) is 16.5 Å². The maximum absolute atomic E-state index is 13.0. The molecule has 0 radical (unpaired) electrons. The number of carboxylic acid groups (broad SMARTS) is 1. The van der Waals surface area contributed by atoms with Crippen molar-refractivity contribution in [1.82, 2.24) is 20.9 Å². The zero-order chi connectivity index (χ0) is 23.0. The van der Waals surface area contributed by atoms with Crippen LogP contribution in [0.15, 0.2) is 4.99 Å². The highest BCUT2D eigenvalue weighted by atomic mass is 16.4. The summed E-state index contributed by atoms with van der Waals surface area (Å²) in [6.07, 6.45) is 3.49. The lowest BCUT2D eigenvalue weighted by molar-refractivity contribution is -0.142. The zero-order valence-corrected chi connectivity index (χ0v) is 17.8. The van der Waals surface area contributed by atoms with E-state index >= 15 is 0 Å². The van der Waals surface area contributed by atoms with Gasteiger partial charge in [-0.15, -0.1) is 0 Å². The van der Waals surface area contributed by atoms with Crippen LogP contribution < -0.4 is 27.4 Å². The fourth-order valence-corrected chi connectivity index (χ4v) is 3.81. The fraction of sp³-hybridized carbons (Fsp3) is 0.737. The van der Waals surface area contributed by atoms with Crippen molar-refractivity contribution in [3.05, 3.63) is 0 Å². The number of carbonyl (C=O) groups excluding carboxylic acids is 3. The monoisotopic (exact) mass is 439 g/mol. The van der Waals surface area contributed by atoms with Crippen LogP contribution >= 0.6 is 0 Å². The van der Waals surface area contributed by atoms with E-state index in [1.165, 1.54) is 6.92 Å². The summed E-state index contributed by atoms with van der Waals surface area (Å²) in [6, 6.07) is -3.00. The van der Waals surface area contributed by atoms with Gasteiger partial charge in [0.15, 0.2) is 5.96 Å². The van der Waals surface area contributed by atoms with Crippen molar-refractivity contribution < 1.29 is 24.3 Å². The van der Waals surface area contributed by atoms with Gasteiger partial charge in [-0.3, -0.25) is 24.2 Å². The van der Waals surface area contributed by atoms with E-state index in [1.807, 2.05) is 0 Å². The molecule has 0 aromatic heterocycles. The molecule has 2 rings (SSSR count). The van der Waals surface area contributed by atoms with Gasteiger partial charge in [0.25, 0.3) is 0 Å². The van der Waals surface area contributed by atoms with Gasteiger partial charge in [0.1, 0.15) is 18.1 Å². The molecule has 12 heteroatoms. The molecule has 0 aromatic carbocycles. The molecular formula is C19H33N7O5. The van der Waals surface area contributed by atoms with Crippen molar-refractivity contribution in [1.29, 1.82) is 0 Å². The molecule has 31 heavy (non-hydrogen) atoms. The largest absolute Gasteiger partial charge is 0.480 e. The minimum Gasteiger partial charge on any atom is -0.480 e. The molecule has 2 heterocycles. The van der Waals surface area contributed by atoms with Crippen LogP contribution in [-0.2, 0) is 19.2 Å². The Bertz CT molecular complexity index is 704. The molecule has 2 fully saturated rings. The van der Waals surface area contributed by atoms with Crippen LogP contribution in [0, 0.1) is 0 Å². The summed E-state index contributed by atoms with van der Waals surface area (Å²) in [6.45, 7) is 2.87. The summed E-state index contributed by atoms with van der Waals surface area (Å²) in [7, 11) is 0. The Morgan fingerprint density at radius 3 is 2.55 bits per heavy atom. The first kappa shape index (κ1) is 24.4. The van der Waals surface area contributed by atoms with Gasteiger partial charge >= 0.3 is 5.97 Å². The molecule has 3 amide bonds. The van der Waals surface area contributed by atoms with E-state index < -0.39 is 35.9 Å². The number of nitrogens with one attached hydrogen (secondary N) is 3. The molecule has 12 nitrogen and oxygen atoms in total. The standard InChI is InChI=1S/C19H33N7O5/c1-11(18(30)31)24-15(27)12(5-2-9-23-19(20)21)25-16(28)14-7-4-10-26(14)17(29)13-6-3-8-22-13/h11-14,22H,2-10H2,1H3,(H,24,27)(H,25,28)(H,30,31)(H4,20,21,23). The van der Waals surface area contributed by atoms with Gasteiger partial charge in [0.2, 0.25) is 17.7 Å². The van der Waals surface area contributed by atoms with Crippen molar-refractivity contribution in [3.63, 3.8) is 0 Å². The first-order chi connectivity index (χ1) is 14.7. The Kier molecular flexibility index (Phi) is 9.03. The first-order valence-electron chi connectivity index (χ1n) is 10.6. The topological polar surface area (TPSA) is 192 Å². The second kappa shape index (κ2) is 11.5. The second-order valence-corrected chi connectivity index (χ2v) is 7.92. The summed E-state index contributed by atoms with van der Waals surface area (Å²) >= 11 is 0. The van der Waals surface area contributed by atoms with Crippen LogP contribution in [0.5, 0.6) is 0 Å². The van der Waals surface area contributed by atoms with Gasteiger partial charge in [-0.1, -0.05) is 0 Å². The van der Waals surface area contributed by atoms with E-state index in [9.17, 15) is 19.2 Å². The summed E-state index contributed by atoms with van der Waals surface area (Å²) in [5.41, 5.74) is 10.6. The SMILES string of the molecule is CC(NC(=O)C(CCCN=C(N)N)NC(=O)C1CCCN1C(=O)C1CCCN1)C(=O)O. The Hall–Kier alpha value is -2.89. The molecule has 0 spiro atoms. The van der Waals surface area contributed by atoms with E-state index in [2.05, 4.69) is 20.9 Å². The second-order valence-electron chi connectivity index (χ2n) is 7.92. The van der Waals surface area contributed by atoms with E-state index in [0.717, 1.165) is 19.4 Å². The van der Waals surface area contributed by atoms with Gasteiger partial charge in [-0.05, 0) is 52.0 Å². The Morgan fingerprint density at radius 1 is 1.19 bits per heavy atom. The van der Waals surface area contributed by atoms with Crippen LogP contribution in [0.2, 0.25) is 0 Å². The van der Waals surface area contributed by atoms with Gasteiger partial charge in [0, 0.05) is 13.1 Å². The number of guanidine groups is 1. The van der Waals surface area contributed by atoms with Crippen LogP contribution in [0.4, 0.5) is 0 Å². The molecule has 0 bridgehead atoms. The summed E-state index contributed by atoms with van der Waals surface area (Å²) < 4.78 is 0. The highest BCUT2D eigenvalue weighted by molar-refractivity contribution is 5.94. The Balaban J connectivity index is 2.03. The highest BCUT2D eigenvalue weighted by Gasteiger charge is 2.39. The first-order valence-corrected chi connectivity index (χ1v) is 10.6. The van der Waals surface area contributed by atoms with Gasteiger partial charge < -0.3 is 37.4 Å². The molecule has 2 aliphatic heterocycles. The normalized spacial score (nSPS) is 22.4. The molecule has 0 saturated carbocycles. The van der Waals surface area contributed by atoms with Crippen LogP contribution in [0.25, 0.3) is 0 Å². The third kappa shape index (κ3) is 7.09. The van der Waals surface area contributed by atoms with Crippen LogP contribution in [0.3, 0.4) is 0 Å². The van der Waals surface area contributed by atoms with Crippen LogP contribution in [-0.4, -0.2) is 83.5 Å². The lowest BCUT2D eigenvalue weighted by Gasteiger charge is -2.28. The zero-order valence-electron chi connectivity index (χ0n) is 17.8. The van der Waals surface area contributed by atoms with E-state index in [4.69, 9.17) is 16.6 Å². The lowest BCUT2D eigenvalue weighted by Crippen LogP contribution is -2.56. The number of nitrogens with zero attached hydrogens (tertiary/aromatic N) is 2. The third-order valence-electron chi connectivity index (χ3n) is 5.50. The van der Waals surface area contributed by atoms with E-state index in [-0.39, 0.29) is 30.9 Å². The average molecular weight is 440 g/mol. The van der Waals surface area contributed by atoms with Crippen molar-refractivity contribution in [3.8, 4) is 0 Å². The average Bonchev–Trinajstić information content (AvgIpc) is 3.41. The third-order valence-corrected chi connectivity index (χ3v) is 5.50. The summed E-state index contributed by atoms with van der Waals surface area (Å²) in [5.74, 6) is -2.39.